The van der Waals surface area contributed by atoms with Crippen LogP contribution >= 0.6 is 0 Å². The van der Waals surface area contributed by atoms with Crippen LogP contribution in [0.2, 0.25) is 0 Å². The molecule has 0 aliphatic heterocycles. The number of aryl methyl sites for hydroxylation is 1. The van der Waals surface area contributed by atoms with Gasteiger partial charge in [0.15, 0.2) is 0 Å². The van der Waals surface area contributed by atoms with E-state index in [-0.39, 0.29) is 17.2 Å². The van der Waals surface area contributed by atoms with Crippen LogP contribution in [-0.4, -0.2) is 25.7 Å². The van der Waals surface area contributed by atoms with Gasteiger partial charge in [0.1, 0.15) is 11.9 Å². The predicted molar refractivity (Wildman–Crippen MR) is 107 cm³/mol. The lowest BCUT2D eigenvalue weighted by Crippen LogP contribution is -2.30. The molecule has 152 valence electrons. The number of nitro benzene ring substituents is 1. The average Bonchev–Trinajstić information content (AvgIpc) is 2.73. The number of carbonyl (C=O) groups is 1. The maximum Gasteiger partial charge on any atom is 0.355 e. The summed E-state index contributed by atoms with van der Waals surface area (Å²) in [4.78, 5) is 41.3. The van der Waals surface area contributed by atoms with E-state index in [0.717, 1.165) is 11.9 Å². The van der Waals surface area contributed by atoms with E-state index in [4.69, 9.17) is 0 Å². The number of benzene rings is 2. The minimum Gasteiger partial charge on any atom is -0.334 e. The van der Waals surface area contributed by atoms with Crippen LogP contribution in [-0.2, 0) is 0 Å². The maximum absolute atomic E-state index is 12.3. The Bertz CT molecular complexity index is 1140. The second kappa shape index (κ2) is 8.60. The smallest absolute Gasteiger partial charge is 0.334 e. The molecule has 3 N–H and O–H groups in total. The fraction of sp³-hybridized carbons (Fsp3) is 0.0556. The van der Waals surface area contributed by atoms with Gasteiger partial charge in [-0.1, -0.05) is 30.3 Å². The minimum absolute atomic E-state index is 0.0910. The van der Waals surface area contributed by atoms with Gasteiger partial charge in [0, 0.05) is 11.8 Å². The van der Waals surface area contributed by atoms with E-state index < -0.39 is 27.1 Å². The van der Waals surface area contributed by atoms with Crippen LogP contribution in [0.5, 0.6) is 0 Å². The molecule has 0 saturated carbocycles. The first kappa shape index (κ1) is 20.1. The van der Waals surface area contributed by atoms with Crippen LogP contribution in [0.4, 0.5) is 28.7 Å². The highest BCUT2D eigenvalue weighted by atomic mass is 16.6. The molecule has 0 bridgehead atoms. The van der Waals surface area contributed by atoms with Crippen molar-refractivity contribution in [2.45, 2.75) is 6.92 Å². The molecule has 1 heterocycles. The highest BCUT2D eigenvalue weighted by Gasteiger charge is 2.25. The first-order chi connectivity index (χ1) is 14.4. The highest BCUT2D eigenvalue weighted by Crippen LogP contribution is 2.31. The van der Waals surface area contributed by atoms with Gasteiger partial charge in [0.25, 0.3) is 11.6 Å². The molecular formula is C18H15N7O5. The van der Waals surface area contributed by atoms with Gasteiger partial charge < -0.3 is 5.32 Å². The van der Waals surface area contributed by atoms with Crippen LogP contribution in [0.1, 0.15) is 15.9 Å². The number of carbonyl (C=O) groups excluding carboxylic acids is 1. The molecular weight excluding hydrogens is 394 g/mol. The zero-order valence-corrected chi connectivity index (χ0v) is 15.5. The van der Waals surface area contributed by atoms with Crippen molar-refractivity contribution in [3.63, 3.8) is 0 Å². The lowest BCUT2D eigenvalue weighted by Gasteiger charge is -2.12. The molecule has 0 fully saturated rings. The number of hydrazine groups is 1. The first-order valence-corrected chi connectivity index (χ1v) is 8.50. The van der Waals surface area contributed by atoms with E-state index in [0.29, 0.717) is 5.69 Å². The van der Waals surface area contributed by atoms with E-state index in [1.807, 2.05) is 19.1 Å². The van der Waals surface area contributed by atoms with E-state index >= 15 is 0 Å². The Morgan fingerprint density at radius 2 is 1.60 bits per heavy atom. The number of para-hydroxylation sites is 2. The van der Waals surface area contributed by atoms with Crippen LogP contribution in [0, 0.1) is 27.2 Å². The molecule has 30 heavy (non-hydrogen) atoms. The third kappa shape index (κ3) is 4.27. The van der Waals surface area contributed by atoms with Crippen molar-refractivity contribution >= 4 is 34.6 Å². The second-order valence-corrected chi connectivity index (χ2v) is 5.97. The van der Waals surface area contributed by atoms with E-state index in [9.17, 15) is 25.0 Å². The number of amides is 1. The fourth-order valence-corrected chi connectivity index (χ4v) is 2.58. The second-order valence-electron chi connectivity index (χ2n) is 5.97. The molecule has 0 atom stereocenters. The summed E-state index contributed by atoms with van der Waals surface area (Å²) >= 11 is 0. The summed E-state index contributed by atoms with van der Waals surface area (Å²) in [5.41, 5.74) is 4.85. The van der Waals surface area contributed by atoms with Gasteiger partial charge >= 0.3 is 5.69 Å². The van der Waals surface area contributed by atoms with E-state index in [1.165, 1.54) is 24.3 Å². The number of nitro groups is 2. The zero-order valence-electron chi connectivity index (χ0n) is 15.5. The van der Waals surface area contributed by atoms with Crippen molar-refractivity contribution in [3.8, 4) is 0 Å². The van der Waals surface area contributed by atoms with Crippen molar-refractivity contribution in [1.82, 2.24) is 15.4 Å². The number of nitrogens with one attached hydrogen (secondary N) is 3. The summed E-state index contributed by atoms with van der Waals surface area (Å²) in [6.07, 6.45) is 1.08. The number of anilines is 3. The van der Waals surface area contributed by atoms with Crippen LogP contribution in [0.3, 0.4) is 0 Å². The molecule has 12 heteroatoms. The third-order valence-electron chi connectivity index (χ3n) is 4.04. The Morgan fingerprint density at radius 1 is 0.933 bits per heavy atom. The molecule has 0 aliphatic rings. The third-order valence-corrected chi connectivity index (χ3v) is 4.04. The lowest BCUT2D eigenvalue weighted by atomic mass is 10.2. The molecule has 3 aromatic rings. The number of aromatic nitrogens is 2. The summed E-state index contributed by atoms with van der Waals surface area (Å²) < 4.78 is 0. The van der Waals surface area contributed by atoms with Gasteiger partial charge in [-0.15, -0.1) is 0 Å². The summed E-state index contributed by atoms with van der Waals surface area (Å²) in [6, 6.07) is 12.4. The Hall–Kier alpha value is -4.61. The van der Waals surface area contributed by atoms with Gasteiger partial charge in [-0.3, -0.25) is 35.9 Å². The average molecular weight is 409 g/mol. The number of nitrogens with zero attached hydrogens (tertiary/aromatic N) is 4. The Morgan fingerprint density at radius 3 is 2.30 bits per heavy atom. The summed E-state index contributed by atoms with van der Waals surface area (Å²) in [5, 5.41) is 25.6. The first-order valence-electron chi connectivity index (χ1n) is 8.50. The minimum atomic E-state index is -0.858. The normalized spacial score (nSPS) is 10.2. The molecule has 1 aromatic heterocycles. The van der Waals surface area contributed by atoms with Crippen LogP contribution < -0.4 is 16.2 Å². The summed E-state index contributed by atoms with van der Waals surface area (Å²) in [6.45, 7) is 1.82. The standard InChI is InChI=1S/C18H15N7O5/c1-11-6-2-4-8-13(11)21-16-15(25(29)30)17(20-10-19-16)22-23-18(26)12-7-3-5-9-14(12)24(27)28/h2-10H,1H3,(H,23,26)(H2,19,20,21,22). The van der Waals surface area contributed by atoms with E-state index in [2.05, 4.69) is 26.1 Å². The molecule has 2 aromatic carbocycles. The molecule has 12 nitrogen and oxygen atoms in total. The Kier molecular flexibility index (Phi) is 5.77. The Balaban J connectivity index is 1.86. The number of hydrogen-bond acceptors (Lipinski definition) is 9. The molecule has 0 unspecified atom stereocenters. The van der Waals surface area contributed by atoms with Crippen molar-refractivity contribution in [2.24, 2.45) is 0 Å². The van der Waals surface area contributed by atoms with Gasteiger partial charge in [0.05, 0.1) is 9.85 Å². The zero-order chi connectivity index (χ0) is 21.7. The Labute approximate surface area is 169 Å². The molecule has 1 amide bonds. The highest BCUT2D eigenvalue weighted by molar-refractivity contribution is 5.98. The molecule has 0 saturated heterocycles. The van der Waals surface area contributed by atoms with Crippen molar-refractivity contribution in [3.05, 3.63) is 86.2 Å². The largest absolute Gasteiger partial charge is 0.355 e. The van der Waals surface area contributed by atoms with Gasteiger partial charge in [-0.2, -0.15) is 0 Å². The van der Waals surface area contributed by atoms with Gasteiger partial charge in [-0.25, -0.2) is 9.97 Å². The summed E-state index contributed by atoms with van der Waals surface area (Å²) in [5.74, 6) is -1.24. The predicted octanol–water partition coefficient (Wildman–Crippen LogP) is 3.10. The number of rotatable bonds is 7. The maximum atomic E-state index is 12.3. The SMILES string of the molecule is Cc1ccccc1Nc1ncnc(NNC(=O)c2ccccc2[N+](=O)[O-])c1[N+](=O)[O-]. The molecule has 3 rings (SSSR count). The number of hydrogen-bond donors (Lipinski definition) is 3. The fourth-order valence-electron chi connectivity index (χ4n) is 2.58. The van der Waals surface area contributed by atoms with Crippen molar-refractivity contribution in [2.75, 3.05) is 10.7 Å². The van der Waals surface area contributed by atoms with Crippen LogP contribution in [0.25, 0.3) is 0 Å². The lowest BCUT2D eigenvalue weighted by molar-refractivity contribution is -0.385. The van der Waals surface area contributed by atoms with Crippen molar-refractivity contribution < 1.29 is 14.6 Å². The molecule has 0 aliphatic carbocycles. The molecule has 0 spiro atoms. The van der Waals surface area contributed by atoms with E-state index in [1.54, 1.807) is 12.1 Å². The summed E-state index contributed by atoms with van der Waals surface area (Å²) in [7, 11) is 0. The quantitative estimate of drug-likeness (QED) is 0.392. The topological polar surface area (TPSA) is 165 Å². The van der Waals surface area contributed by atoms with Gasteiger partial charge in [0.2, 0.25) is 11.6 Å². The van der Waals surface area contributed by atoms with Crippen LogP contribution in [0.15, 0.2) is 54.9 Å². The van der Waals surface area contributed by atoms with Crippen molar-refractivity contribution in [1.29, 1.82) is 0 Å². The molecule has 0 radical (unpaired) electrons. The monoisotopic (exact) mass is 409 g/mol. The van der Waals surface area contributed by atoms with Gasteiger partial charge in [-0.05, 0) is 24.6 Å².